The third kappa shape index (κ3) is 8.65. The van der Waals surface area contributed by atoms with E-state index in [-0.39, 0.29) is 30.7 Å². The second-order valence-electron chi connectivity index (χ2n) is 4.88. The minimum atomic E-state index is 0. The van der Waals surface area contributed by atoms with E-state index >= 15 is 0 Å². The Morgan fingerprint density at radius 1 is 1.21 bits per heavy atom. The first-order chi connectivity index (χ1) is 8.34. The Kier molecular flexibility index (Phi) is 10.6. The van der Waals surface area contributed by atoms with E-state index in [0.29, 0.717) is 6.54 Å². The predicted molar refractivity (Wildman–Crippen MR) is 80.4 cm³/mol. The monoisotopic (exact) mass is 313 g/mol. The highest BCUT2D eigenvalue weighted by atomic mass is 35.5. The summed E-state index contributed by atoms with van der Waals surface area (Å²) in [5, 5.41) is 6.13. The zero-order chi connectivity index (χ0) is 11.9. The minimum absolute atomic E-state index is 0. The Morgan fingerprint density at radius 2 is 1.89 bits per heavy atom. The lowest BCUT2D eigenvalue weighted by Gasteiger charge is -2.26. The van der Waals surface area contributed by atoms with Crippen molar-refractivity contribution in [3.63, 3.8) is 0 Å². The lowest BCUT2D eigenvalue weighted by Crippen LogP contribution is -2.43. The maximum absolute atomic E-state index is 11.5. The van der Waals surface area contributed by atoms with Crippen LogP contribution >= 0.6 is 24.8 Å². The van der Waals surface area contributed by atoms with Gasteiger partial charge in [0, 0.05) is 26.2 Å². The molecule has 0 atom stereocenters. The van der Waals surface area contributed by atoms with Crippen molar-refractivity contribution in [1.82, 2.24) is 15.5 Å². The molecule has 7 heteroatoms. The number of carbonyl (C=O) groups is 1. The molecule has 2 fully saturated rings. The smallest absolute Gasteiger partial charge is 0.234 e. The fourth-order valence-corrected chi connectivity index (χ4v) is 1.95. The highest BCUT2D eigenvalue weighted by Crippen LogP contribution is 2.27. The van der Waals surface area contributed by atoms with Crippen molar-refractivity contribution < 1.29 is 9.53 Å². The summed E-state index contributed by atoms with van der Waals surface area (Å²) in [6.45, 7) is 6.72. The van der Waals surface area contributed by atoms with Crippen LogP contribution in [0.5, 0.6) is 0 Å². The van der Waals surface area contributed by atoms with Crippen LogP contribution in [0.25, 0.3) is 0 Å². The van der Waals surface area contributed by atoms with Crippen molar-refractivity contribution in [3.8, 4) is 0 Å². The van der Waals surface area contributed by atoms with Gasteiger partial charge in [-0.3, -0.25) is 9.69 Å². The number of hydrogen-bond donors (Lipinski definition) is 2. The Labute approximate surface area is 127 Å². The van der Waals surface area contributed by atoms with Crippen molar-refractivity contribution in [1.29, 1.82) is 0 Å². The molecule has 0 radical (unpaired) electrons. The van der Waals surface area contributed by atoms with E-state index < -0.39 is 0 Å². The number of halogens is 2. The molecule has 1 saturated heterocycles. The van der Waals surface area contributed by atoms with Gasteiger partial charge < -0.3 is 15.4 Å². The highest BCUT2D eigenvalue weighted by molar-refractivity contribution is 5.85. The highest BCUT2D eigenvalue weighted by Gasteiger charge is 2.20. The molecule has 0 bridgehead atoms. The zero-order valence-electron chi connectivity index (χ0n) is 11.2. The van der Waals surface area contributed by atoms with E-state index in [1.165, 1.54) is 12.8 Å². The minimum Gasteiger partial charge on any atom is -0.379 e. The largest absolute Gasteiger partial charge is 0.379 e. The molecule has 2 N–H and O–H groups in total. The average molecular weight is 314 g/mol. The summed E-state index contributed by atoms with van der Waals surface area (Å²) in [5.41, 5.74) is 0. The van der Waals surface area contributed by atoms with Crippen LogP contribution in [0.15, 0.2) is 0 Å². The molecule has 0 aromatic heterocycles. The second-order valence-corrected chi connectivity index (χ2v) is 4.88. The van der Waals surface area contributed by atoms with E-state index in [0.717, 1.165) is 51.9 Å². The fraction of sp³-hybridized carbons (Fsp3) is 0.917. The molecule has 1 saturated carbocycles. The van der Waals surface area contributed by atoms with Gasteiger partial charge in [-0.2, -0.15) is 0 Å². The normalized spacial score (nSPS) is 19.2. The van der Waals surface area contributed by atoms with Gasteiger partial charge in [-0.05, 0) is 25.3 Å². The van der Waals surface area contributed by atoms with Gasteiger partial charge in [-0.15, -0.1) is 24.8 Å². The summed E-state index contributed by atoms with van der Waals surface area (Å²) < 4.78 is 5.27. The standard InChI is InChI=1S/C12H23N3O2.2ClH/c16-12(10-13-9-11-1-2-11)14-3-4-15-5-7-17-8-6-15;;/h11,13H,1-10H2,(H,14,16);2*1H. The molecular formula is C12H25Cl2N3O2. The predicted octanol–water partition coefficient (Wildman–Crippen LogP) is 0.278. The summed E-state index contributed by atoms with van der Waals surface area (Å²) >= 11 is 0. The Balaban J connectivity index is 0.00000162. The molecule has 1 aliphatic heterocycles. The molecule has 2 aliphatic rings. The van der Waals surface area contributed by atoms with Gasteiger partial charge in [-0.25, -0.2) is 0 Å². The number of hydrogen-bond acceptors (Lipinski definition) is 4. The third-order valence-corrected chi connectivity index (χ3v) is 3.27. The van der Waals surface area contributed by atoms with Crippen LogP contribution in [-0.2, 0) is 9.53 Å². The Bertz CT molecular complexity index is 247. The van der Waals surface area contributed by atoms with Crippen LogP contribution in [-0.4, -0.2) is 63.3 Å². The summed E-state index contributed by atoms with van der Waals surface area (Å²) in [7, 11) is 0. The molecule has 0 unspecified atom stereocenters. The van der Waals surface area contributed by atoms with E-state index in [2.05, 4.69) is 15.5 Å². The van der Waals surface area contributed by atoms with Crippen LogP contribution in [0.1, 0.15) is 12.8 Å². The van der Waals surface area contributed by atoms with Gasteiger partial charge in [-0.1, -0.05) is 0 Å². The quantitative estimate of drug-likeness (QED) is 0.709. The van der Waals surface area contributed by atoms with Crippen LogP contribution in [0.2, 0.25) is 0 Å². The lowest BCUT2D eigenvalue weighted by molar-refractivity contribution is -0.120. The topological polar surface area (TPSA) is 53.6 Å². The molecule has 0 aromatic carbocycles. The number of carbonyl (C=O) groups excluding carboxylic acids is 1. The average Bonchev–Trinajstić information content (AvgIpc) is 3.14. The molecule has 19 heavy (non-hydrogen) atoms. The zero-order valence-corrected chi connectivity index (χ0v) is 12.9. The van der Waals surface area contributed by atoms with E-state index in [1.807, 2.05) is 0 Å². The molecule has 1 aliphatic carbocycles. The van der Waals surface area contributed by atoms with Crippen LogP contribution in [0.4, 0.5) is 0 Å². The van der Waals surface area contributed by atoms with Gasteiger partial charge in [0.25, 0.3) is 0 Å². The third-order valence-electron chi connectivity index (χ3n) is 3.27. The van der Waals surface area contributed by atoms with E-state index in [9.17, 15) is 4.79 Å². The van der Waals surface area contributed by atoms with Gasteiger partial charge in [0.2, 0.25) is 5.91 Å². The number of rotatable bonds is 7. The van der Waals surface area contributed by atoms with Crippen molar-refractivity contribution >= 4 is 30.7 Å². The fourth-order valence-electron chi connectivity index (χ4n) is 1.95. The molecule has 114 valence electrons. The van der Waals surface area contributed by atoms with Crippen LogP contribution in [0, 0.1) is 5.92 Å². The molecule has 1 amide bonds. The number of ether oxygens (including phenoxy) is 1. The molecule has 0 aromatic rings. The maximum atomic E-state index is 11.5. The number of nitrogens with zero attached hydrogens (tertiary/aromatic N) is 1. The summed E-state index contributed by atoms with van der Waals surface area (Å²) in [4.78, 5) is 13.8. The summed E-state index contributed by atoms with van der Waals surface area (Å²) in [6.07, 6.45) is 2.65. The van der Waals surface area contributed by atoms with E-state index in [4.69, 9.17) is 4.74 Å². The van der Waals surface area contributed by atoms with Gasteiger partial charge in [0.05, 0.1) is 19.8 Å². The Hall–Kier alpha value is -0.0700. The maximum Gasteiger partial charge on any atom is 0.234 e. The molecule has 0 spiro atoms. The number of amides is 1. The summed E-state index contributed by atoms with van der Waals surface area (Å²) in [5.74, 6) is 0.940. The first-order valence-corrected chi connectivity index (χ1v) is 6.62. The van der Waals surface area contributed by atoms with Crippen molar-refractivity contribution in [2.45, 2.75) is 12.8 Å². The van der Waals surface area contributed by atoms with Gasteiger partial charge in [0.1, 0.15) is 0 Å². The first-order valence-electron chi connectivity index (χ1n) is 6.62. The number of nitrogens with one attached hydrogen (secondary N) is 2. The number of morpholine rings is 1. The molecular weight excluding hydrogens is 289 g/mol. The SMILES string of the molecule is Cl.Cl.O=C(CNCC1CC1)NCCN1CCOCC1. The summed E-state index contributed by atoms with van der Waals surface area (Å²) in [6, 6.07) is 0. The van der Waals surface area contributed by atoms with Gasteiger partial charge >= 0.3 is 0 Å². The van der Waals surface area contributed by atoms with E-state index in [1.54, 1.807) is 0 Å². The molecule has 1 heterocycles. The second kappa shape index (κ2) is 10.7. The molecule has 5 nitrogen and oxygen atoms in total. The Morgan fingerprint density at radius 3 is 2.53 bits per heavy atom. The first kappa shape index (κ1) is 18.9. The van der Waals surface area contributed by atoms with Crippen molar-refractivity contribution in [2.24, 2.45) is 5.92 Å². The lowest BCUT2D eigenvalue weighted by atomic mass is 10.4. The van der Waals surface area contributed by atoms with Gasteiger partial charge in [0.15, 0.2) is 0 Å². The van der Waals surface area contributed by atoms with Crippen LogP contribution < -0.4 is 10.6 Å². The molecule has 2 rings (SSSR count). The van der Waals surface area contributed by atoms with Crippen molar-refractivity contribution in [3.05, 3.63) is 0 Å². The van der Waals surface area contributed by atoms with Crippen molar-refractivity contribution in [2.75, 3.05) is 52.5 Å². The van der Waals surface area contributed by atoms with Crippen LogP contribution in [0.3, 0.4) is 0 Å².